The van der Waals surface area contributed by atoms with Crippen molar-refractivity contribution in [3.63, 3.8) is 0 Å². The van der Waals surface area contributed by atoms with Crippen LogP contribution >= 0.6 is 0 Å². The number of benzene rings is 2. The van der Waals surface area contributed by atoms with Crippen LogP contribution in [0.15, 0.2) is 53.6 Å². The molecule has 6 heteroatoms. The molecule has 128 valence electrons. The molecule has 1 heterocycles. The number of carbonyl (C=O) groups excluding carboxylic acids is 2. The van der Waals surface area contributed by atoms with E-state index in [1.807, 2.05) is 36.4 Å². The second-order valence-corrected chi connectivity index (χ2v) is 5.89. The highest BCUT2D eigenvalue weighted by Crippen LogP contribution is 2.22. The number of carbonyl (C=O) groups is 2. The Morgan fingerprint density at radius 2 is 1.68 bits per heavy atom. The lowest BCUT2D eigenvalue weighted by Crippen LogP contribution is -2.37. The van der Waals surface area contributed by atoms with Crippen LogP contribution in [-0.4, -0.2) is 34.7 Å². The van der Waals surface area contributed by atoms with Gasteiger partial charge in [0.2, 0.25) is 5.91 Å². The summed E-state index contributed by atoms with van der Waals surface area (Å²) in [5.41, 5.74) is 3.39. The van der Waals surface area contributed by atoms with Crippen molar-refractivity contribution in [3.05, 3.63) is 54.1 Å². The van der Waals surface area contributed by atoms with Gasteiger partial charge in [-0.3, -0.25) is 9.59 Å². The monoisotopic (exact) mass is 337 g/mol. The van der Waals surface area contributed by atoms with Gasteiger partial charge in [-0.25, -0.2) is 5.01 Å². The summed E-state index contributed by atoms with van der Waals surface area (Å²) in [4.78, 5) is 23.5. The molecule has 0 saturated heterocycles. The van der Waals surface area contributed by atoms with E-state index in [1.54, 1.807) is 19.2 Å². The van der Waals surface area contributed by atoms with Crippen molar-refractivity contribution in [2.24, 2.45) is 5.10 Å². The summed E-state index contributed by atoms with van der Waals surface area (Å²) in [5, 5.41) is 17.4. The Bertz CT molecular complexity index is 811. The first-order valence-electron chi connectivity index (χ1n) is 8.03. The minimum absolute atomic E-state index is 0.0821. The number of nitrogens with zero attached hydrogens (tertiary/aromatic N) is 2. The molecule has 3 rings (SSSR count). The second kappa shape index (κ2) is 7.17. The molecular formula is C19H19N3O3. The van der Waals surface area contributed by atoms with Gasteiger partial charge >= 0.3 is 0 Å². The maximum atomic E-state index is 12.1. The molecule has 0 radical (unpaired) electrons. The molecular weight excluding hydrogens is 318 g/mol. The lowest BCUT2D eigenvalue weighted by atomic mass is 10.0. The summed E-state index contributed by atoms with van der Waals surface area (Å²) >= 11 is 0. The molecule has 0 saturated carbocycles. The van der Waals surface area contributed by atoms with E-state index in [-0.39, 0.29) is 17.6 Å². The Hall–Kier alpha value is -3.15. The first-order chi connectivity index (χ1) is 12.0. The average molecular weight is 337 g/mol. The smallest absolute Gasteiger partial charge is 0.267 e. The fourth-order valence-electron chi connectivity index (χ4n) is 2.59. The second-order valence-electron chi connectivity index (χ2n) is 5.89. The molecule has 1 aliphatic rings. The predicted molar refractivity (Wildman–Crippen MR) is 94.8 cm³/mol. The molecule has 0 spiro atoms. The highest BCUT2D eigenvalue weighted by molar-refractivity contribution is 6.39. The van der Waals surface area contributed by atoms with Crippen LogP contribution in [0.5, 0.6) is 5.75 Å². The summed E-state index contributed by atoms with van der Waals surface area (Å²) < 4.78 is 0. The van der Waals surface area contributed by atoms with Crippen molar-refractivity contribution >= 4 is 17.5 Å². The first-order valence-corrected chi connectivity index (χ1v) is 8.03. The third kappa shape index (κ3) is 4.03. The summed E-state index contributed by atoms with van der Waals surface area (Å²) in [5.74, 6) is -0.0932. The molecule has 0 atom stereocenters. The minimum atomic E-state index is -0.248. The van der Waals surface area contributed by atoms with Gasteiger partial charge in [0, 0.05) is 26.4 Å². The van der Waals surface area contributed by atoms with Crippen molar-refractivity contribution in [1.29, 1.82) is 0 Å². The molecule has 0 fully saturated rings. The standard InChI is InChI=1S/C19H19N3O3/c1-22-18(24)11-10-17(21-22)19(25)20-12-13-2-4-14(5-3-13)15-6-8-16(23)9-7-15/h2-9,23H,10-12H2,1H3,(H,20,25). The van der Waals surface area contributed by atoms with Crippen LogP contribution in [0.4, 0.5) is 0 Å². The lowest BCUT2D eigenvalue weighted by molar-refractivity contribution is -0.130. The van der Waals surface area contributed by atoms with Crippen LogP contribution in [0.2, 0.25) is 0 Å². The molecule has 0 aliphatic carbocycles. The molecule has 0 unspecified atom stereocenters. The number of nitrogens with one attached hydrogen (secondary N) is 1. The normalized spacial score (nSPS) is 14.2. The Kier molecular flexibility index (Phi) is 4.79. The molecule has 25 heavy (non-hydrogen) atoms. The van der Waals surface area contributed by atoms with Crippen LogP contribution in [-0.2, 0) is 16.1 Å². The first kappa shape index (κ1) is 16.7. The van der Waals surface area contributed by atoms with Crippen LogP contribution in [0.25, 0.3) is 11.1 Å². The quantitative estimate of drug-likeness (QED) is 0.898. The van der Waals surface area contributed by atoms with E-state index in [2.05, 4.69) is 10.4 Å². The Morgan fingerprint density at radius 3 is 2.28 bits per heavy atom. The van der Waals surface area contributed by atoms with E-state index >= 15 is 0 Å². The number of aromatic hydroxyl groups is 1. The topological polar surface area (TPSA) is 82.0 Å². The zero-order valence-electron chi connectivity index (χ0n) is 13.9. The molecule has 2 aromatic carbocycles. The van der Waals surface area contributed by atoms with E-state index in [0.29, 0.717) is 25.1 Å². The van der Waals surface area contributed by atoms with Crippen molar-refractivity contribution in [2.75, 3.05) is 7.05 Å². The van der Waals surface area contributed by atoms with Gasteiger partial charge in [-0.15, -0.1) is 0 Å². The number of hydrogen-bond acceptors (Lipinski definition) is 4. The SMILES string of the molecule is CN1N=C(C(=O)NCc2ccc(-c3ccc(O)cc3)cc2)CCC1=O. The Labute approximate surface area is 145 Å². The summed E-state index contributed by atoms with van der Waals surface area (Å²) in [6.45, 7) is 0.394. The largest absolute Gasteiger partial charge is 0.508 e. The number of rotatable bonds is 4. The Balaban J connectivity index is 1.60. The number of phenolic OH excluding ortho intramolecular Hbond substituents is 1. The Morgan fingerprint density at radius 1 is 1.08 bits per heavy atom. The van der Waals surface area contributed by atoms with Gasteiger partial charge in [-0.05, 0) is 28.8 Å². The van der Waals surface area contributed by atoms with Crippen LogP contribution < -0.4 is 5.32 Å². The van der Waals surface area contributed by atoms with E-state index in [0.717, 1.165) is 16.7 Å². The number of hydrazone groups is 1. The van der Waals surface area contributed by atoms with E-state index < -0.39 is 0 Å². The zero-order valence-corrected chi connectivity index (χ0v) is 13.9. The van der Waals surface area contributed by atoms with E-state index in [9.17, 15) is 14.7 Å². The molecule has 1 aliphatic heterocycles. The van der Waals surface area contributed by atoms with Gasteiger partial charge in [0.25, 0.3) is 5.91 Å². The van der Waals surface area contributed by atoms with Gasteiger partial charge in [0.1, 0.15) is 11.5 Å². The van der Waals surface area contributed by atoms with E-state index in [4.69, 9.17) is 0 Å². The van der Waals surface area contributed by atoms with Crippen LogP contribution in [0.3, 0.4) is 0 Å². The summed E-state index contributed by atoms with van der Waals surface area (Å²) in [6.07, 6.45) is 0.679. The number of phenols is 1. The highest BCUT2D eigenvalue weighted by atomic mass is 16.3. The van der Waals surface area contributed by atoms with Gasteiger partial charge in [0.05, 0.1) is 0 Å². The van der Waals surface area contributed by atoms with Gasteiger partial charge in [-0.2, -0.15) is 5.10 Å². The van der Waals surface area contributed by atoms with Gasteiger partial charge in [0.15, 0.2) is 0 Å². The summed E-state index contributed by atoms with van der Waals surface area (Å²) in [7, 11) is 1.55. The molecule has 0 bridgehead atoms. The summed E-state index contributed by atoms with van der Waals surface area (Å²) in [6, 6.07) is 14.8. The molecule has 6 nitrogen and oxygen atoms in total. The van der Waals surface area contributed by atoms with Gasteiger partial charge in [-0.1, -0.05) is 36.4 Å². The highest BCUT2D eigenvalue weighted by Gasteiger charge is 2.21. The number of hydrogen-bond donors (Lipinski definition) is 2. The average Bonchev–Trinajstić information content (AvgIpc) is 2.63. The minimum Gasteiger partial charge on any atom is -0.508 e. The van der Waals surface area contributed by atoms with E-state index in [1.165, 1.54) is 5.01 Å². The van der Waals surface area contributed by atoms with Crippen LogP contribution in [0.1, 0.15) is 18.4 Å². The van der Waals surface area contributed by atoms with Crippen molar-refractivity contribution in [1.82, 2.24) is 10.3 Å². The molecule has 2 N–H and O–H groups in total. The maximum Gasteiger partial charge on any atom is 0.267 e. The fourth-order valence-corrected chi connectivity index (χ4v) is 2.59. The van der Waals surface area contributed by atoms with Crippen LogP contribution in [0, 0.1) is 0 Å². The third-order valence-electron chi connectivity index (χ3n) is 4.08. The predicted octanol–water partition coefficient (Wildman–Crippen LogP) is 2.28. The lowest BCUT2D eigenvalue weighted by Gasteiger charge is -2.18. The third-order valence-corrected chi connectivity index (χ3v) is 4.08. The molecule has 2 aromatic rings. The maximum absolute atomic E-state index is 12.1. The number of amides is 2. The van der Waals surface area contributed by atoms with Crippen molar-refractivity contribution in [2.45, 2.75) is 19.4 Å². The van der Waals surface area contributed by atoms with Gasteiger partial charge < -0.3 is 10.4 Å². The van der Waals surface area contributed by atoms with Crippen molar-refractivity contribution < 1.29 is 14.7 Å². The fraction of sp³-hybridized carbons (Fsp3) is 0.211. The molecule has 2 amide bonds. The zero-order chi connectivity index (χ0) is 17.8. The van der Waals surface area contributed by atoms with Crippen molar-refractivity contribution in [3.8, 4) is 16.9 Å². The molecule has 0 aromatic heterocycles.